The number of likely N-dealkylation sites (N-methyl/N-ethyl adjacent to an activating group) is 2. The van der Waals surface area contributed by atoms with Gasteiger partial charge in [-0.25, -0.2) is 0 Å². The van der Waals surface area contributed by atoms with Gasteiger partial charge in [-0.2, -0.15) is 0 Å². The van der Waals surface area contributed by atoms with E-state index in [0.29, 0.717) is 12.1 Å². The lowest BCUT2D eigenvalue weighted by Gasteiger charge is -2.30. The first-order valence-corrected chi connectivity index (χ1v) is 5.64. The zero-order chi connectivity index (χ0) is 10.7. The molecule has 14 heavy (non-hydrogen) atoms. The van der Waals surface area contributed by atoms with Crippen molar-refractivity contribution in [3.63, 3.8) is 0 Å². The van der Waals surface area contributed by atoms with Crippen LogP contribution in [-0.2, 0) is 0 Å². The molecule has 0 aliphatic carbocycles. The Bertz CT molecular complexity index is 170. The molecule has 1 aliphatic heterocycles. The van der Waals surface area contributed by atoms with Crippen molar-refractivity contribution in [3.8, 4) is 0 Å². The predicted molar refractivity (Wildman–Crippen MR) is 61.6 cm³/mol. The van der Waals surface area contributed by atoms with Crippen LogP contribution in [0.4, 0.5) is 0 Å². The highest BCUT2D eigenvalue weighted by Gasteiger charge is 2.28. The van der Waals surface area contributed by atoms with Crippen molar-refractivity contribution >= 4 is 0 Å². The van der Waals surface area contributed by atoms with E-state index in [1.807, 2.05) is 7.05 Å². The van der Waals surface area contributed by atoms with E-state index in [4.69, 9.17) is 0 Å². The van der Waals surface area contributed by atoms with Gasteiger partial charge in [0.25, 0.3) is 0 Å². The van der Waals surface area contributed by atoms with E-state index in [2.05, 4.69) is 43.1 Å². The summed E-state index contributed by atoms with van der Waals surface area (Å²) in [5, 5.41) is 3.33. The number of rotatable bonds is 4. The maximum absolute atomic E-state index is 3.33. The lowest BCUT2D eigenvalue weighted by molar-refractivity contribution is 0.198. The van der Waals surface area contributed by atoms with Gasteiger partial charge in [0.1, 0.15) is 0 Å². The van der Waals surface area contributed by atoms with Gasteiger partial charge in [-0.1, -0.05) is 0 Å². The van der Waals surface area contributed by atoms with Crippen molar-refractivity contribution in [1.82, 2.24) is 15.1 Å². The molecule has 0 aromatic heterocycles. The fourth-order valence-corrected chi connectivity index (χ4v) is 2.12. The van der Waals surface area contributed by atoms with Gasteiger partial charge in [-0.05, 0) is 41.4 Å². The Labute approximate surface area is 88.5 Å². The molecule has 1 saturated heterocycles. The largest absolute Gasteiger partial charge is 0.316 e. The molecule has 1 N–H and O–H groups in total. The molecule has 0 spiro atoms. The molecule has 0 saturated carbocycles. The number of hydrogen-bond donors (Lipinski definition) is 1. The molecule has 0 bridgehead atoms. The number of hydrogen-bond acceptors (Lipinski definition) is 3. The maximum Gasteiger partial charge on any atom is 0.0229 e. The van der Waals surface area contributed by atoms with Crippen LogP contribution in [0.5, 0.6) is 0 Å². The Hall–Kier alpha value is -0.120. The molecule has 0 aromatic carbocycles. The fourth-order valence-electron chi connectivity index (χ4n) is 2.12. The molecule has 1 aliphatic rings. The van der Waals surface area contributed by atoms with Gasteiger partial charge in [0.2, 0.25) is 0 Å². The van der Waals surface area contributed by atoms with E-state index >= 15 is 0 Å². The van der Waals surface area contributed by atoms with Crippen LogP contribution < -0.4 is 5.32 Å². The third kappa shape index (κ3) is 2.69. The van der Waals surface area contributed by atoms with Crippen LogP contribution in [0.25, 0.3) is 0 Å². The molecule has 3 unspecified atom stereocenters. The quantitative estimate of drug-likeness (QED) is 0.716. The third-order valence-corrected chi connectivity index (χ3v) is 3.68. The highest BCUT2D eigenvalue weighted by Crippen LogP contribution is 2.17. The van der Waals surface area contributed by atoms with Crippen molar-refractivity contribution < 1.29 is 0 Å². The standard InChI is InChI=1S/C11H25N3/c1-9(12-3)10(2)14-7-6-11(8-14)13(4)5/h9-12H,6-8H2,1-5H3. The fraction of sp³-hybridized carbons (Fsp3) is 1.00. The second-order valence-corrected chi connectivity index (χ2v) is 4.72. The molecular weight excluding hydrogens is 174 g/mol. The Morgan fingerprint density at radius 3 is 2.43 bits per heavy atom. The van der Waals surface area contributed by atoms with Crippen LogP contribution in [0.15, 0.2) is 0 Å². The van der Waals surface area contributed by atoms with Gasteiger partial charge in [-0.3, -0.25) is 4.90 Å². The summed E-state index contributed by atoms with van der Waals surface area (Å²) in [6.07, 6.45) is 1.31. The minimum absolute atomic E-state index is 0.580. The average Bonchev–Trinajstić information content (AvgIpc) is 2.64. The van der Waals surface area contributed by atoms with Crippen LogP contribution in [0.3, 0.4) is 0 Å². The van der Waals surface area contributed by atoms with E-state index in [-0.39, 0.29) is 0 Å². The molecule has 0 amide bonds. The third-order valence-electron chi connectivity index (χ3n) is 3.68. The smallest absolute Gasteiger partial charge is 0.0229 e. The Morgan fingerprint density at radius 2 is 2.00 bits per heavy atom. The van der Waals surface area contributed by atoms with Crippen molar-refractivity contribution in [2.75, 3.05) is 34.2 Å². The van der Waals surface area contributed by atoms with Gasteiger partial charge in [0.05, 0.1) is 0 Å². The zero-order valence-electron chi connectivity index (χ0n) is 10.2. The highest BCUT2D eigenvalue weighted by atomic mass is 15.3. The van der Waals surface area contributed by atoms with Crippen LogP contribution in [0, 0.1) is 0 Å². The Balaban J connectivity index is 2.41. The Morgan fingerprint density at radius 1 is 1.36 bits per heavy atom. The summed E-state index contributed by atoms with van der Waals surface area (Å²) in [5.74, 6) is 0. The summed E-state index contributed by atoms with van der Waals surface area (Å²) in [4.78, 5) is 4.93. The summed E-state index contributed by atoms with van der Waals surface area (Å²) >= 11 is 0. The van der Waals surface area contributed by atoms with Gasteiger partial charge in [0.15, 0.2) is 0 Å². The predicted octanol–water partition coefficient (Wildman–Crippen LogP) is 0.619. The summed E-state index contributed by atoms with van der Waals surface area (Å²) in [6.45, 7) is 7.04. The summed E-state index contributed by atoms with van der Waals surface area (Å²) < 4.78 is 0. The summed E-state index contributed by atoms with van der Waals surface area (Å²) in [5.41, 5.74) is 0. The van der Waals surface area contributed by atoms with E-state index < -0.39 is 0 Å². The van der Waals surface area contributed by atoms with E-state index in [1.54, 1.807) is 0 Å². The first-order chi connectivity index (χ1) is 6.56. The molecule has 3 heteroatoms. The van der Waals surface area contributed by atoms with Gasteiger partial charge < -0.3 is 10.2 Å². The van der Waals surface area contributed by atoms with Crippen molar-refractivity contribution in [2.45, 2.75) is 38.4 Å². The number of likely N-dealkylation sites (tertiary alicyclic amines) is 1. The first-order valence-electron chi connectivity index (χ1n) is 5.64. The lowest BCUT2D eigenvalue weighted by Crippen LogP contribution is -2.45. The molecule has 3 atom stereocenters. The maximum atomic E-state index is 3.33. The lowest BCUT2D eigenvalue weighted by atomic mass is 10.1. The van der Waals surface area contributed by atoms with Crippen LogP contribution >= 0.6 is 0 Å². The molecule has 84 valence electrons. The molecule has 3 nitrogen and oxygen atoms in total. The minimum atomic E-state index is 0.580. The van der Waals surface area contributed by atoms with E-state index in [9.17, 15) is 0 Å². The molecule has 0 radical (unpaired) electrons. The number of nitrogens with one attached hydrogen (secondary N) is 1. The summed E-state index contributed by atoms with van der Waals surface area (Å²) in [6, 6.07) is 1.97. The van der Waals surface area contributed by atoms with Crippen molar-refractivity contribution in [2.24, 2.45) is 0 Å². The number of nitrogens with zero attached hydrogens (tertiary/aromatic N) is 2. The van der Waals surface area contributed by atoms with E-state index in [0.717, 1.165) is 6.04 Å². The molecular formula is C11H25N3. The van der Waals surface area contributed by atoms with Crippen LogP contribution in [0.2, 0.25) is 0 Å². The monoisotopic (exact) mass is 199 g/mol. The molecule has 1 fully saturated rings. The van der Waals surface area contributed by atoms with Gasteiger partial charge >= 0.3 is 0 Å². The Kier molecular flexibility index (Phi) is 4.35. The van der Waals surface area contributed by atoms with Gasteiger partial charge in [-0.15, -0.1) is 0 Å². The average molecular weight is 199 g/mol. The highest BCUT2D eigenvalue weighted by molar-refractivity contribution is 4.86. The van der Waals surface area contributed by atoms with Crippen molar-refractivity contribution in [3.05, 3.63) is 0 Å². The van der Waals surface area contributed by atoms with Crippen molar-refractivity contribution in [1.29, 1.82) is 0 Å². The topological polar surface area (TPSA) is 18.5 Å². The first kappa shape index (κ1) is 12.0. The molecule has 0 aromatic rings. The summed E-state index contributed by atoms with van der Waals surface area (Å²) in [7, 11) is 6.40. The van der Waals surface area contributed by atoms with Gasteiger partial charge in [0, 0.05) is 31.2 Å². The van der Waals surface area contributed by atoms with E-state index in [1.165, 1.54) is 19.5 Å². The minimum Gasteiger partial charge on any atom is -0.316 e. The molecule has 1 rings (SSSR count). The second-order valence-electron chi connectivity index (χ2n) is 4.72. The van der Waals surface area contributed by atoms with Crippen LogP contribution in [-0.4, -0.2) is 62.2 Å². The van der Waals surface area contributed by atoms with Crippen LogP contribution in [0.1, 0.15) is 20.3 Å². The normalized spacial score (nSPS) is 28.3. The SMILES string of the molecule is CNC(C)C(C)N1CCC(N(C)C)C1. The molecule has 1 heterocycles. The second kappa shape index (κ2) is 5.10. The zero-order valence-corrected chi connectivity index (χ0v) is 10.2.